The average Bonchev–Trinajstić information content (AvgIpc) is 2.31. The first-order valence-electron chi connectivity index (χ1n) is 5.89. The summed E-state index contributed by atoms with van der Waals surface area (Å²) in [6.45, 7) is 5.49. The fraction of sp³-hybridized carbons (Fsp3) is 0.667. The van der Waals surface area contributed by atoms with Crippen LogP contribution in [0.4, 0.5) is 0 Å². The van der Waals surface area contributed by atoms with E-state index in [1.54, 1.807) is 0 Å². The molecule has 0 fully saturated rings. The van der Waals surface area contributed by atoms with Crippen LogP contribution < -0.4 is 5.73 Å². The lowest BCUT2D eigenvalue weighted by Gasteiger charge is -2.08. The van der Waals surface area contributed by atoms with Crippen LogP contribution in [0.3, 0.4) is 0 Å². The zero-order valence-electron chi connectivity index (χ0n) is 10.1. The topological polar surface area (TPSA) is 61.0 Å². The second-order valence-corrected chi connectivity index (χ2v) is 3.83. The normalized spacial score (nSPS) is 12.7. The van der Waals surface area contributed by atoms with Gasteiger partial charge in [0.2, 0.25) is 0 Å². The molecule has 0 aliphatic carbocycles. The summed E-state index contributed by atoms with van der Waals surface area (Å²) in [5.41, 5.74) is 6.97. The molecule has 4 nitrogen and oxygen atoms in total. The van der Waals surface area contributed by atoms with E-state index in [-0.39, 0.29) is 6.04 Å². The van der Waals surface area contributed by atoms with E-state index in [9.17, 15) is 0 Å². The summed E-state index contributed by atoms with van der Waals surface area (Å²) in [7, 11) is 0. The molecule has 1 aromatic rings. The average molecular weight is 223 g/mol. The van der Waals surface area contributed by atoms with Gasteiger partial charge in [-0.05, 0) is 25.3 Å². The van der Waals surface area contributed by atoms with Crippen LogP contribution in [0.1, 0.15) is 31.7 Å². The Morgan fingerprint density at radius 3 is 2.56 bits per heavy atom. The minimum Gasteiger partial charge on any atom is -0.381 e. The molecule has 0 radical (unpaired) electrons. The molecular weight excluding hydrogens is 202 g/mol. The Kier molecular flexibility index (Phi) is 5.96. The highest BCUT2D eigenvalue weighted by Crippen LogP contribution is 2.02. The van der Waals surface area contributed by atoms with Gasteiger partial charge in [-0.25, -0.2) is 9.97 Å². The van der Waals surface area contributed by atoms with Gasteiger partial charge in [-0.15, -0.1) is 0 Å². The largest absolute Gasteiger partial charge is 0.381 e. The Labute approximate surface area is 97.2 Å². The number of hydrogen-bond acceptors (Lipinski definition) is 4. The van der Waals surface area contributed by atoms with Gasteiger partial charge in [0.05, 0.1) is 6.61 Å². The molecule has 2 N–H and O–H groups in total. The fourth-order valence-corrected chi connectivity index (χ4v) is 1.37. The first-order valence-corrected chi connectivity index (χ1v) is 5.89. The Hall–Kier alpha value is -1.00. The van der Waals surface area contributed by atoms with Crippen LogP contribution in [0.15, 0.2) is 12.4 Å². The Bertz CT molecular complexity index is 287. The molecule has 0 aromatic carbocycles. The number of hydrogen-bond donors (Lipinski definition) is 1. The third-order valence-corrected chi connectivity index (χ3v) is 2.46. The quantitative estimate of drug-likeness (QED) is 0.708. The van der Waals surface area contributed by atoms with Gasteiger partial charge in [0, 0.05) is 31.5 Å². The van der Waals surface area contributed by atoms with Crippen LogP contribution >= 0.6 is 0 Å². The van der Waals surface area contributed by atoms with E-state index in [2.05, 4.69) is 16.9 Å². The molecule has 0 spiro atoms. The summed E-state index contributed by atoms with van der Waals surface area (Å²) >= 11 is 0. The maximum Gasteiger partial charge on any atom is 0.130 e. The molecule has 0 amide bonds. The van der Waals surface area contributed by atoms with E-state index >= 15 is 0 Å². The van der Waals surface area contributed by atoms with E-state index in [1.807, 2.05) is 19.3 Å². The van der Waals surface area contributed by atoms with Crippen molar-refractivity contribution in [2.24, 2.45) is 5.73 Å². The Balaban J connectivity index is 2.41. The van der Waals surface area contributed by atoms with E-state index in [1.165, 1.54) is 0 Å². The smallest absolute Gasteiger partial charge is 0.130 e. The van der Waals surface area contributed by atoms with Crippen LogP contribution in [-0.2, 0) is 17.6 Å². The van der Waals surface area contributed by atoms with Gasteiger partial charge in [0.1, 0.15) is 5.82 Å². The second kappa shape index (κ2) is 7.30. The SMILES string of the molecule is CCOCCc1ncc(CC(N)CC)cn1. The van der Waals surface area contributed by atoms with Crippen molar-refractivity contribution < 1.29 is 4.74 Å². The number of nitrogens with two attached hydrogens (primary N) is 1. The molecule has 90 valence electrons. The second-order valence-electron chi connectivity index (χ2n) is 3.83. The third kappa shape index (κ3) is 4.68. The summed E-state index contributed by atoms with van der Waals surface area (Å²) in [6, 6.07) is 0.206. The molecule has 1 unspecified atom stereocenters. The number of ether oxygens (including phenoxy) is 1. The number of rotatable bonds is 7. The van der Waals surface area contributed by atoms with Crippen LogP contribution in [-0.4, -0.2) is 29.2 Å². The van der Waals surface area contributed by atoms with E-state index in [0.717, 1.165) is 37.3 Å². The van der Waals surface area contributed by atoms with Crippen molar-refractivity contribution in [3.8, 4) is 0 Å². The monoisotopic (exact) mass is 223 g/mol. The highest BCUT2D eigenvalue weighted by atomic mass is 16.5. The molecule has 4 heteroatoms. The predicted octanol–water partition coefficient (Wildman–Crippen LogP) is 1.34. The standard InChI is InChI=1S/C12H21N3O/c1-3-11(13)7-10-8-14-12(15-9-10)5-6-16-4-2/h8-9,11H,3-7,13H2,1-2H3. The van der Waals surface area contributed by atoms with E-state index in [0.29, 0.717) is 6.61 Å². The molecule has 0 bridgehead atoms. The molecule has 0 saturated carbocycles. The number of aromatic nitrogens is 2. The fourth-order valence-electron chi connectivity index (χ4n) is 1.37. The molecule has 16 heavy (non-hydrogen) atoms. The van der Waals surface area contributed by atoms with Crippen LogP contribution in [0.2, 0.25) is 0 Å². The zero-order chi connectivity index (χ0) is 11.8. The first-order chi connectivity index (χ1) is 7.76. The van der Waals surface area contributed by atoms with E-state index < -0.39 is 0 Å². The predicted molar refractivity (Wildman–Crippen MR) is 64.2 cm³/mol. The molecule has 1 heterocycles. The highest BCUT2D eigenvalue weighted by molar-refractivity contribution is 5.07. The first kappa shape index (κ1) is 13.1. The van der Waals surface area contributed by atoms with Crippen molar-refractivity contribution in [3.05, 3.63) is 23.8 Å². The molecule has 1 atom stereocenters. The molecular formula is C12H21N3O. The van der Waals surface area contributed by atoms with Crippen molar-refractivity contribution >= 4 is 0 Å². The molecule has 0 aliphatic rings. The Morgan fingerprint density at radius 2 is 2.00 bits per heavy atom. The van der Waals surface area contributed by atoms with Crippen molar-refractivity contribution in [1.29, 1.82) is 0 Å². The van der Waals surface area contributed by atoms with Crippen molar-refractivity contribution in [3.63, 3.8) is 0 Å². The van der Waals surface area contributed by atoms with Gasteiger partial charge >= 0.3 is 0 Å². The van der Waals surface area contributed by atoms with Crippen molar-refractivity contribution in [2.75, 3.05) is 13.2 Å². The van der Waals surface area contributed by atoms with Crippen molar-refractivity contribution in [2.45, 2.75) is 39.2 Å². The van der Waals surface area contributed by atoms with Gasteiger partial charge in [0.25, 0.3) is 0 Å². The summed E-state index contributed by atoms with van der Waals surface area (Å²) in [5, 5.41) is 0. The Morgan fingerprint density at radius 1 is 1.31 bits per heavy atom. The summed E-state index contributed by atoms with van der Waals surface area (Å²) < 4.78 is 5.25. The van der Waals surface area contributed by atoms with Gasteiger partial charge in [-0.2, -0.15) is 0 Å². The lowest BCUT2D eigenvalue weighted by atomic mass is 10.1. The third-order valence-electron chi connectivity index (χ3n) is 2.46. The summed E-state index contributed by atoms with van der Waals surface area (Å²) in [5.74, 6) is 0.835. The van der Waals surface area contributed by atoms with Gasteiger partial charge in [-0.3, -0.25) is 0 Å². The van der Waals surface area contributed by atoms with Gasteiger partial charge < -0.3 is 10.5 Å². The van der Waals surface area contributed by atoms with E-state index in [4.69, 9.17) is 10.5 Å². The molecule has 0 saturated heterocycles. The number of nitrogens with zero attached hydrogens (tertiary/aromatic N) is 2. The van der Waals surface area contributed by atoms with Crippen LogP contribution in [0.25, 0.3) is 0 Å². The van der Waals surface area contributed by atoms with Gasteiger partial charge in [0.15, 0.2) is 0 Å². The highest BCUT2D eigenvalue weighted by Gasteiger charge is 2.03. The summed E-state index contributed by atoms with van der Waals surface area (Å²) in [4.78, 5) is 8.58. The van der Waals surface area contributed by atoms with Crippen molar-refractivity contribution in [1.82, 2.24) is 9.97 Å². The molecule has 0 aliphatic heterocycles. The van der Waals surface area contributed by atoms with Crippen LogP contribution in [0, 0.1) is 0 Å². The maximum absolute atomic E-state index is 5.87. The minimum atomic E-state index is 0.206. The molecule has 1 aromatic heterocycles. The lowest BCUT2D eigenvalue weighted by molar-refractivity contribution is 0.149. The van der Waals surface area contributed by atoms with Gasteiger partial charge in [-0.1, -0.05) is 6.92 Å². The zero-order valence-corrected chi connectivity index (χ0v) is 10.1. The maximum atomic E-state index is 5.87. The summed E-state index contributed by atoms with van der Waals surface area (Å²) in [6.07, 6.45) is 6.33. The van der Waals surface area contributed by atoms with Crippen LogP contribution in [0.5, 0.6) is 0 Å². The minimum absolute atomic E-state index is 0.206. The lowest BCUT2D eigenvalue weighted by Crippen LogP contribution is -2.21. The molecule has 1 rings (SSSR count).